The number of hydrogen-bond acceptors (Lipinski definition) is 5. The molecule has 4 N–H and O–H groups in total. The van der Waals surface area contributed by atoms with Gasteiger partial charge in [0.05, 0.1) is 0 Å². The summed E-state index contributed by atoms with van der Waals surface area (Å²) in [4.78, 5) is 12.7. The molecule has 1 aromatic carbocycles. The quantitative estimate of drug-likeness (QED) is 0.774. The molecular weight excluding hydrogens is 281 g/mol. The summed E-state index contributed by atoms with van der Waals surface area (Å²) in [7, 11) is 0. The van der Waals surface area contributed by atoms with Crippen LogP contribution >= 0.6 is 0 Å². The Labute approximate surface area is 126 Å². The second kappa shape index (κ2) is 5.77. The maximum absolute atomic E-state index is 13.3. The maximum Gasteiger partial charge on any atom is 0.182 e. The molecule has 0 fully saturated rings. The van der Waals surface area contributed by atoms with E-state index in [2.05, 4.69) is 15.0 Å². The van der Waals surface area contributed by atoms with E-state index in [1.807, 2.05) is 6.07 Å². The first-order valence-electron chi connectivity index (χ1n) is 6.71. The Balaban J connectivity index is 1.97. The fourth-order valence-corrected chi connectivity index (χ4v) is 2.16. The SMILES string of the molecule is Nc1nc(-c2ccccn2)nc(N)c1Cc1cccc(F)c1. The van der Waals surface area contributed by atoms with Gasteiger partial charge in [0.25, 0.3) is 0 Å². The summed E-state index contributed by atoms with van der Waals surface area (Å²) >= 11 is 0. The van der Waals surface area contributed by atoms with Crippen LogP contribution in [0, 0.1) is 5.82 Å². The molecule has 3 aromatic rings. The molecule has 3 rings (SSSR count). The number of rotatable bonds is 3. The lowest BCUT2D eigenvalue weighted by atomic mass is 10.1. The van der Waals surface area contributed by atoms with E-state index in [4.69, 9.17) is 11.5 Å². The fourth-order valence-electron chi connectivity index (χ4n) is 2.16. The highest BCUT2D eigenvalue weighted by molar-refractivity contribution is 5.61. The van der Waals surface area contributed by atoms with E-state index in [-0.39, 0.29) is 17.5 Å². The van der Waals surface area contributed by atoms with E-state index in [1.54, 1.807) is 30.5 Å². The number of anilines is 2. The number of nitrogen functional groups attached to an aromatic ring is 2. The minimum atomic E-state index is -0.305. The van der Waals surface area contributed by atoms with Crippen LogP contribution in [0.1, 0.15) is 11.1 Å². The van der Waals surface area contributed by atoms with E-state index in [0.29, 0.717) is 23.5 Å². The number of nitrogens with two attached hydrogens (primary N) is 2. The Hall–Kier alpha value is -3.02. The standard InChI is InChI=1S/C16H14FN5/c17-11-5-3-4-10(8-11)9-12-14(18)21-16(22-15(12)19)13-6-1-2-7-20-13/h1-8H,9H2,(H4,18,19,21,22). The number of hydrogen-bond donors (Lipinski definition) is 2. The van der Waals surface area contributed by atoms with Crippen LogP contribution in [0.4, 0.5) is 16.0 Å². The Morgan fingerprint density at radius 2 is 1.73 bits per heavy atom. The summed E-state index contributed by atoms with van der Waals surface area (Å²) in [6.07, 6.45) is 2.02. The maximum atomic E-state index is 13.3. The van der Waals surface area contributed by atoms with Crippen molar-refractivity contribution in [2.45, 2.75) is 6.42 Å². The van der Waals surface area contributed by atoms with Gasteiger partial charge in [0, 0.05) is 18.2 Å². The molecule has 0 unspecified atom stereocenters. The van der Waals surface area contributed by atoms with Gasteiger partial charge >= 0.3 is 0 Å². The summed E-state index contributed by atoms with van der Waals surface area (Å²) in [5.41, 5.74) is 13.9. The van der Waals surface area contributed by atoms with Gasteiger partial charge in [-0.05, 0) is 29.8 Å². The zero-order valence-corrected chi connectivity index (χ0v) is 11.7. The second-order valence-corrected chi connectivity index (χ2v) is 4.82. The van der Waals surface area contributed by atoms with Crippen molar-refractivity contribution in [3.63, 3.8) is 0 Å². The smallest absolute Gasteiger partial charge is 0.182 e. The van der Waals surface area contributed by atoms with E-state index in [0.717, 1.165) is 5.56 Å². The van der Waals surface area contributed by atoms with Gasteiger partial charge < -0.3 is 11.5 Å². The van der Waals surface area contributed by atoms with Gasteiger partial charge in [-0.15, -0.1) is 0 Å². The van der Waals surface area contributed by atoms with E-state index >= 15 is 0 Å². The first-order chi connectivity index (χ1) is 10.6. The van der Waals surface area contributed by atoms with Gasteiger partial charge in [-0.1, -0.05) is 18.2 Å². The largest absolute Gasteiger partial charge is 0.383 e. The predicted octanol–water partition coefficient (Wildman–Crippen LogP) is 2.43. The van der Waals surface area contributed by atoms with Gasteiger partial charge in [0.2, 0.25) is 0 Å². The highest BCUT2D eigenvalue weighted by Gasteiger charge is 2.13. The fraction of sp³-hybridized carbons (Fsp3) is 0.0625. The van der Waals surface area contributed by atoms with Crippen molar-refractivity contribution in [2.75, 3.05) is 11.5 Å². The number of pyridine rings is 1. The molecule has 0 saturated carbocycles. The topological polar surface area (TPSA) is 90.7 Å². The number of halogens is 1. The Kier molecular flexibility index (Phi) is 3.65. The highest BCUT2D eigenvalue weighted by atomic mass is 19.1. The molecule has 5 nitrogen and oxygen atoms in total. The molecule has 0 amide bonds. The van der Waals surface area contributed by atoms with Gasteiger partial charge in [-0.2, -0.15) is 0 Å². The lowest BCUT2D eigenvalue weighted by Crippen LogP contribution is -2.08. The molecule has 0 aliphatic carbocycles. The zero-order valence-electron chi connectivity index (χ0n) is 11.7. The summed E-state index contributed by atoms with van der Waals surface area (Å²) in [5.74, 6) is 0.620. The first kappa shape index (κ1) is 13.9. The first-order valence-corrected chi connectivity index (χ1v) is 6.71. The molecule has 2 aromatic heterocycles. The van der Waals surface area contributed by atoms with Crippen molar-refractivity contribution in [3.8, 4) is 11.5 Å². The molecule has 0 aliphatic rings. The number of nitrogens with zero attached hydrogens (tertiary/aromatic N) is 3. The minimum absolute atomic E-state index is 0.275. The number of benzene rings is 1. The zero-order chi connectivity index (χ0) is 15.5. The van der Waals surface area contributed by atoms with E-state index in [1.165, 1.54) is 12.1 Å². The van der Waals surface area contributed by atoms with Crippen LogP contribution in [-0.4, -0.2) is 15.0 Å². The lowest BCUT2D eigenvalue weighted by Gasteiger charge is -2.10. The summed E-state index contributed by atoms with van der Waals surface area (Å²) in [6.45, 7) is 0. The van der Waals surface area contributed by atoms with E-state index < -0.39 is 0 Å². The number of aromatic nitrogens is 3. The Morgan fingerprint density at radius 3 is 2.36 bits per heavy atom. The van der Waals surface area contributed by atoms with Gasteiger partial charge in [0.1, 0.15) is 23.1 Å². The van der Waals surface area contributed by atoms with Gasteiger partial charge in [-0.25, -0.2) is 14.4 Å². The summed E-state index contributed by atoms with van der Waals surface area (Å²) in [5, 5.41) is 0. The van der Waals surface area contributed by atoms with Crippen molar-refractivity contribution in [3.05, 3.63) is 65.6 Å². The minimum Gasteiger partial charge on any atom is -0.383 e. The van der Waals surface area contributed by atoms with Crippen molar-refractivity contribution in [1.82, 2.24) is 15.0 Å². The second-order valence-electron chi connectivity index (χ2n) is 4.82. The van der Waals surface area contributed by atoms with E-state index in [9.17, 15) is 4.39 Å². The van der Waals surface area contributed by atoms with Crippen LogP contribution in [-0.2, 0) is 6.42 Å². The molecule has 0 atom stereocenters. The molecule has 110 valence electrons. The molecule has 0 bridgehead atoms. The van der Waals surface area contributed by atoms with Crippen molar-refractivity contribution in [2.24, 2.45) is 0 Å². The van der Waals surface area contributed by atoms with Crippen molar-refractivity contribution < 1.29 is 4.39 Å². The average molecular weight is 295 g/mol. The average Bonchev–Trinajstić information content (AvgIpc) is 2.52. The third kappa shape index (κ3) is 2.85. The van der Waals surface area contributed by atoms with Crippen molar-refractivity contribution in [1.29, 1.82) is 0 Å². The third-order valence-corrected chi connectivity index (χ3v) is 3.24. The van der Waals surface area contributed by atoms with Crippen LogP contribution in [0.5, 0.6) is 0 Å². The molecule has 0 spiro atoms. The Bertz CT molecular complexity index is 782. The Morgan fingerprint density at radius 1 is 0.955 bits per heavy atom. The van der Waals surface area contributed by atoms with Crippen molar-refractivity contribution >= 4 is 11.6 Å². The molecule has 22 heavy (non-hydrogen) atoms. The van der Waals surface area contributed by atoms with Crippen LogP contribution in [0.3, 0.4) is 0 Å². The highest BCUT2D eigenvalue weighted by Crippen LogP contribution is 2.23. The predicted molar refractivity (Wildman–Crippen MR) is 83.3 cm³/mol. The van der Waals surface area contributed by atoms with Crippen LogP contribution in [0.2, 0.25) is 0 Å². The third-order valence-electron chi connectivity index (χ3n) is 3.24. The molecule has 0 aliphatic heterocycles. The molecule has 2 heterocycles. The molecule has 0 saturated heterocycles. The lowest BCUT2D eigenvalue weighted by molar-refractivity contribution is 0.626. The molecular formula is C16H14FN5. The van der Waals surface area contributed by atoms with Crippen LogP contribution in [0.15, 0.2) is 48.7 Å². The van der Waals surface area contributed by atoms with Crippen LogP contribution < -0.4 is 11.5 Å². The molecule has 0 radical (unpaired) electrons. The summed E-state index contributed by atoms with van der Waals surface area (Å²) in [6, 6.07) is 11.7. The van der Waals surface area contributed by atoms with Gasteiger partial charge in [0.15, 0.2) is 5.82 Å². The van der Waals surface area contributed by atoms with Crippen LogP contribution in [0.25, 0.3) is 11.5 Å². The summed E-state index contributed by atoms with van der Waals surface area (Å²) < 4.78 is 13.3. The normalized spacial score (nSPS) is 10.6. The molecule has 6 heteroatoms. The monoisotopic (exact) mass is 295 g/mol. The van der Waals surface area contributed by atoms with Gasteiger partial charge in [-0.3, -0.25) is 4.98 Å².